The number of hydrogen-bond donors (Lipinski definition) is 1. The molecule has 0 spiro atoms. The van der Waals surface area contributed by atoms with Crippen molar-refractivity contribution < 1.29 is 9.59 Å². The van der Waals surface area contributed by atoms with Crippen molar-refractivity contribution in [3.8, 4) is 0 Å². The second kappa shape index (κ2) is 3.37. The first-order chi connectivity index (χ1) is 6.77. The first-order valence-electron chi connectivity index (χ1n) is 4.06. The van der Waals surface area contributed by atoms with E-state index in [9.17, 15) is 9.59 Å². The molecule has 0 aliphatic carbocycles. The third kappa shape index (κ3) is 1.52. The molecule has 70 valence electrons. The zero-order valence-electron chi connectivity index (χ0n) is 7.18. The van der Waals surface area contributed by atoms with E-state index >= 15 is 0 Å². The minimum absolute atomic E-state index is 0.363. The van der Waals surface area contributed by atoms with E-state index in [-0.39, 0.29) is 5.91 Å². The predicted octanol–water partition coefficient (Wildman–Crippen LogP) is 0.486. The number of carbonyl (C=O) groups excluding carboxylic acids is 2. The number of amides is 3. The number of hydrogen-bond acceptors (Lipinski definition) is 3. The van der Waals surface area contributed by atoms with E-state index < -0.39 is 11.9 Å². The lowest BCUT2D eigenvalue weighted by molar-refractivity contribution is -0.120. The third-order valence-corrected chi connectivity index (χ3v) is 1.90. The highest BCUT2D eigenvalue weighted by atomic mass is 16.2. The van der Waals surface area contributed by atoms with Crippen molar-refractivity contribution in [1.82, 2.24) is 10.3 Å². The summed E-state index contributed by atoms with van der Waals surface area (Å²) in [6, 6.07) is 2.88. The first-order valence-corrected chi connectivity index (χ1v) is 4.06. The second-order valence-corrected chi connectivity index (χ2v) is 2.84. The summed E-state index contributed by atoms with van der Waals surface area (Å²) in [5, 5.41) is 2.12. The monoisotopic (exact) mass is 189 g/mol. The molecule has 3 amide bonds. The largest absolute Gasteiger partial charge is 0.347 e. The highest BCUT2D eigenvalue weighted by molar-refractivity contribution is 6.12. The van der Waals surface area contributed by atoms with Gasteiger partial charge in [0.2, 0.25) is 5.91 Å². The lowest BCUT2D eigenvalue weighted by Crippen LogP contribution is -2.37. The molecule has 0 saturated heterocycles. The molecule has 5 heteroatoms. The molecule has 1 N–H and O–H groups in total. The minimum Gasteiger partial charge on any atom is -0.275 e. The molecule has 2 heterocycles. The van der Waals surface area contributed by atoms with Gasteiger partial charge in [-0.25, -0.2) is 9.79 Å². The van der Waals surface area contributed by atoms with E-state index in [0.717, 1.165) is 5.56 Å². The number of aliphatic imine (C=N–C) groups is 1. The Morgan fingerprint density at radius 3 is 2.86 bits per heavy atom. The van der Waals surface area contributed by atoms with E-state index in [1.54, 1.807) is 24.5 Å². The maximum atomic E-state index is 11.4. The first kappa shape index (κ1) is 8.55. The molecule has 1 aliphatic rings. The van der Waals surface area contributed by atoms with Crippen LogP contribution in [0.3, 0.4) is 0 Å². The van der Waals surface area contributed by atoms with Crippen LogP contribution in [0.15, 0.2) is 29.5 Å². The van der Waals surface area contributed by atoms with E-state index in [1.807, 2.05) is 0 Å². The Morgan fingerprint density at radius 2 is 2.21 bits per heavy atom. The number of aromatic nitrogens is 1. The molecule has 0 radical (unpaired) electrons. The normalized spacial score (nSPS) is 20.7. The third-order valence-electron chi connectivity index (χ3n) is 1.90. The van der Waals surface area contributed by atoms with Crippen LogP contribution in [0.1, 0.15) is 11.5 Å². The number of imide groups is 1. The summed E-state index contributed by atoms with van der Waals surface area (Å²) in [7, 11) is 0. The van der Waals surface area contributed by atoms with Crippen LogP contribution in [0.4, 0.5) is 4.79 Å². The van der Waals surface area contributed by atoms with E-state index in [0.29, 0.717) is 0 Å². The molecule has 2 rings (SSSR count). The van der Waals surface area contributed by atoms with Crippen LogP contribution >= 0.6 is 0 Å². The van der Waals surface area contributed by atoms with Crippen LogP contribution in [0.2, 0.25) is 0 Å². The van der Waals surface area contributed by atoms with Crippen molar-refractivity contribution in [2.24, 2.45) is 4.99 Å². The fraction of sp³-hybridized carbons (Fsp3) is 0.111. The van der Waals surface area contributed by atoms with Crippen LogP contribution < -0.4 is 5.32 Å². The van der Waals surface area contributed by atoms with Gasteiger partial charge in [0.15, 0.2) is 0 Å². The highest BCUT2D eigenvalue weighted by Gasteiger charge is 2.24. The average molecular weight is 189 g/mol. The zero-order valence-corrected chi connectivity index (χ0v) is 7.18. The topological polar surface area (TPSA) is 71.4 Å². The van der Waals surface area contributed by atoms with Gasteiger partial charge in [-0.15, -0.1) is 0 Å². The molecule has 5 nitrogen and oxygen atoms in total. The molecule has 0 fully saturated rings. The fourth-order valence-electron chi connectivity index (χ4n) is 1.22. The molecule has 0 bridgehead atoms. The Balaban J connectivity index is 2.32. The number of urea groups is 1. The molecule has 1 aliphatic heterocycles. The predicted molar refractivity (Wildman–Crippen MR) is 49.0 cm³/mol. The standard InChI is InChI=1S/C9H7N3O2/c13-8-7(5-11-9(14)12-8)6-2-1-3-10-4-6/h1-5,7H,(H,12,13,14). The maximum Gasteiger partial charge on any atom is 0.347 e. The van der Waals surface area contributed by atoms with Crippen LogP contribution in [0, 0.1) is 0 Å². The van der Waals surface area contributed by atoms with E-state index in [4.69, 9.17) is 0 Å². The summed E-state index contributed by atoms with van der Waals surface area (Å²) >= 11 is 0. The zero-order chi connectivity index (χ0) is 9.97. The number of rotatable bonds is 1. The van der Waals surface area contributed by atoms with Crippen LogP contribution in [-0.2, 0) is 4.79 Å². The minimum atomic E-state index is -0.616. The lowest BCUT2D eigenvalue weighted by atomic mass is 10.0. The maximum absolute atomic E-state index is 11.4. The molecule has 1 aromatic rings. The average Bonchev–Trinajstić information content (AvgIpc) is 2.19. The van der Waals surface area contributed by atoms with Gasteiger partial charge < -0.3 is 0 Å². The number of carbonyl (C=O) groups is 2. The molecular formula is C9H7N3O2. The quantitative estimate of drug-likeness (QED) is 0.698. The van der Waals surface area contributed by atoms with Gasteiger partial charge in [-0.2, -0.15) is 0 Å². The Morgan fingerprint density at radius 1 is 1.36 bits per heavy atom. The summed E-state index contributed by atoms with van der Waals surface area (Å²) in [5.41, 5.74) is 0.723. The number of nitrogens with one attached hydrogen (secondary N) is 1. The summed E-state index contributed by atoms with van der Waals surface area (Å²) in [4.78, 5) is 29.5. The van der Waals surface area contributed by atoms with Crippen molar-refractivity contribution in [3.63, 3.8) is 0 Å². The highest BCUT2D eigenvalue weighted by Crippen LogP contribution is 2.14. The molecule has 14 heavy (non-hydrogen) atoms. The fourth-order valence-corrected chi connectivity index (χ4v) is 1.22. The van der Waals surface area contributed by atoms with Crippen LogP contribution in [0.25, 0.3) is 0 Å². The van der Waals surface area contributed by atoms with Gasteiger partial charge >= 0.3 is 6.03 Å². The van der Waals surface area contributed by atoms with Crippen molar-refractivity contribution in [2.45, 2.75) is 5.92 Å². The van der Waals surface area contributed by atoms with Gasteiger partial charge in [0.25, 0.3) is 0 Å². The van der Waals surface area contributed by atoms with Gasteiger partial charge in [0.05, 0.1) is 0 Å². The molecule has 1 unspecified atom stereocenters. The lowest BCUT2D eigenvalue weighted by Gasteiger charge is -2.14. The smallest absolute Gasteiger partial charge is 0.275 e. The van der Waals surface area contributed by atoms with Gasteiger partial charge in [-0.05, 0) is 11.6 Å². The van der Waals surface area contributed by atoms with Crippen LogP contribution in [0.5, 0.6) is 0 Å². The summed E-state index contributed by atoms with van der Waals surface area (Å²) < 4.78 is 0. The van der Waals surface area contributed by atoms with E-state index in [2.05, 4.69) is 15.3 Å². The van der Waals surface area contributed by atoms with Gasteiger partial charge in [0, 0.05) is 18.6 Å². The van der Waals surface area contributed by atoms with Crippen molar-refractivity contribution in [3.05, 3.63) is 30.1 Å². The Labute approximate surface area is 79.9 Å². The molecule has 1 aromatic heterocycles. The number of pyridine rings is 1. The summed E-state index contributed by atoms with van der Waals surface area (Å²) in [5.74, 6) is -0.876. The Kier molecular flexibility index (Phi) is 2.06. The van der Waals surface area contributed by atoms with Crippen LogP contribution in [-0.4, -0.2) is 23.1 Å². The van der Waals surface area contributed by atoms with Gasteiger partial charge in [-0.1, -0.05) is 6.07 Å². The van der Waals surface area contributed by atoms with Gasteiger partial charge in [-0.3, -0.25) is 15.1 Å². The van der Waals surface area contributed by atoms with Crippen molar-refractivity contribution in [2.75, 3.05) is 0 Å². The second-order valence-electron chi connectivity index (χ2n) is 2.84. The molecular weight excluding hydrogens is 182 g/mol. The molecule has 0 aromatic carbocycles. The Hall–Kier alpha value is -2.04. The van der Waals surface area contributed by atoms with E-state index in [1.165, 1.54) is 6.21 Å². The molecule has 0 saturated carbocycles. The summed E-state index contributed by atoms with van der Waals surface area (Å²) in [6.45, 7) is 0. The number of nitrogens with zero attached hydrogens (tertiary/aromatic N) is 2. The summed E-state index contributed by atoms with van der Waals surface area (Å²) in [6.07, 6.45) is 4.52. The van der Waals surface area contributed by atoms with Crippen molar-refractivity contribution in [1.29, 1.82) is 0 Å². The van der Waals surface area contributed by atoms with Crippen molar-refractivity contribution >= 4 is 18.2 Å². The molecule has 1 atom stereocenters. The SMILES string of the molecule is O=C1N=CC(c2cccnc2)C(=O)N1. The Bertz CT molecular complexity index is 400. The van der Waals surface area contributed by atoms with Gasteiger partial charge in [0.1, 0.15) is 5.92 Å².